The van der Waals surface area contributed by atoms with Crippen LogP contribution in [-0.4, -0.2) is 35.4 Å². The minimum Gasteiger partial charge on any atom is -0.494 e. The predicted molar refractivity (Wildman–Crippen MR) is 161 cm³/mol. The molecule has 0 bridgehead atoms. The van der Waals surface area contributed by atoms with Gasteiger partial charge in [0.25, 0.3) is 0 Å². The highest BCUT2D eigenvalue weighted by atomic mass is 16.5. The van der Waals surface area contributed by atoms with Gasteiger partial charge in [-0.25, -0.2) is 9.59 Å². The van der Waals surface area contributed by atoms with Crippen LogP contribution in [-0.2, 0) is 0 Å². The van der Waals surface area contributed by atoms with Crippen LogP contribution in [0.15, 0.2) is 97.1 Å². The molecule has 0 aliphatic carbocycles. The third-order valence-corrected chi connectivity index (χ3v) is 6.69. The Hall–Kier alpha value is -4.78. The smallest absolute Gasteiger partial charge is 0.337 e. The predicted octanol–water partition coefficient (Wildman–Crippen LogP) is 8.29. The van der Waals surface area contributed by atoms with E-state index in [-0.39, 0.29) is 11.1 Å². The summed E-state index contributed by atoms with van der Waals surface area (Å²) in [4.78, 5) is 22.4. The van der Waals surface area contributed by atoms with Crippen molar-refractivity contribution in [2.45, 2.75) is 38.5 Å². The Balaban J connectivity index is 1.04. The second-order valence-electron chi connectivity index (χ2n) is 9.73. The lowest BCUT2D eigenvalue weighted by Crippen LogP contribution is -2.02. The first-order valence-corrected chi connectivity index (χ1v) is 13.9. The number of unbranched alkanes of at least 4 members (excludes halogenated alkanes) is 5. The number of hydrogen-bond acceptors (Lipinski definition) is 5. The molecule has 0 heterocycles. The van der Waals surface area contributed by atoms with Crippen LogP contribution in [0.25, 0.3) is 11.1 Å². The Morgan fingerprint density at radius 3 is 1.59 bits per heavy atom. The van der Waals surface area contributed by atoms with Gasteiger partial charge in [0.2, 0.25) is 0 Å². The Bertz CT molecular complexity index is 1400. The van der Waals surface area contributed by atoms with Gasteiger partial charge in [-0.2, -0.15) is 0 Å². The van der Waals surface area contributed by atoms with E-state index in [4.69, 9.17) is 14.6 Å². The molecule has 4 aromatic carbocycles. The lowest BCUT2D eigenvalue weighted by atomic mass is 10.0. The fourth-order valence-electron chi connectivity index (χ4n) is 4.41. The van der Waals surface area contributed by atoms with Crippen LogP contribution in [0.1, 0.15) is 59.2 Å². The van der Waals surface area contributed by atoms with Gasteiger partial charge in [0.05, 0.1) is 30.0 Å². The van der Waals surface area contributed by atoms with Gasteiger partial charge in [-0.05, 0) is 84.6 Å². The van der Waals surface area contributed by atoms with Crippen molar-refractivity contribution in [1.29, 1.82) is 0 Å². The van der Waals surface area contributed by atoms with E-state index in [0.717, 1.165) is 66.8 Å². The standard InChI is InChI=1S/C34H35NO6/c36-33(37)27-13-11-25(12-14-27)26-15-19-29(20-16-26)40-23-7-3-1-2-4-8-24-41-30-21-17-28(18-22-30)35-32-10-6-5-9-31(32)34(38)39/h5-6,9-22,35H,1-4,7-8,23-24H2,(H,36,37)(H,38,39). The van der Waals surface area contributed by atoms with Crippen molar-refractivity contribution in [1.82, 2.24) is 0 Å². The molecule has 4 rings (SSSR count). The van der Waals surface area contributed by atoms with Gasteiger partial charge in [-0.1, -0.05) is 62.1 Å². The first-order chi connectivity index (χ1) is 20.0. The highest BCUT2D eigenvalue weighted by Gasteiger charge is 2.09. The third-order valence-electron chi connectivity index (χ3n) is 6.69. The van der Waals surface area contributed by atoms with Crippen LogP contribution in [0.3, 0.4) is 0 Å². The number of carbonyl (C=O) groups is 2. The topological polar surface area (TPSA) is 105 Å². The number of hydrogen-bond donors (Lipinski definition) is 3. The summed E-state index contributed by atoms with van der Waals surface area (Å²) in [5.41, 5.74) is 3.86. The van der Waals surface area contributed by atoms with Crippen molar-refractivity contribution >= 4 is 23.3 Å². The number of carboxylic acid groups (broad SMARTS) is 2. The van der Waals surface area contributed by atoms with Gasteiger partial charge in [0.15, 0.2) is 0 Å². The van der Waals surface area contributed by atoms with E-state index in [2.05, 4.69) is 5.32 Å². The van der Waals surface area contributed by atoms with Crippen molar-refractivity contribution in [3.05, 3.63) is 108 Å². The minimum atomic E-state index is -0.964. The van der Waals surface area contributed by atoms with Crippen molar-refractivity contribution in [2.75, 3.05) is 18.5 Å². The van der Waals surface area contributed by atoms with Crippen LogP contribution in [0.5, 0.6) is 11.5 Å². The molecule has 7 heteroatoms. The molecule has 0 aliphatic heterocycles. The van der Waals surface area contributed by atoms with Gasteiger partial charge in [0, 0.05) is 5.69 Å². The van der Waals surface area contributed by atoms with Gasteiger partial charge in [-0.15, -0.1) is 0 Å². The number of anilines is 2. The van der Waals surface area contributed by atoms with Crippen LogP contribution < -0.4 is 14.8 Å². The summed E-state index contributed by atoms with van der Waals surface area (Å²) in [6, 6.07) is 29.1. The van der Waals surface area contributed by atoms with Gasteiger partial charge in [0.1, 0.15) is 11.5 Å². The Morgan fingerprint density at radius 2 is 1.05 bits per heavy atom. The summed E-state index contributed by atoms with van der Waals surface area (Å²) in [6.07, 6.45) is 6.55. The monoisotopic (exact) mass is 553 g/mol. The molecule has 0 atom stereocenters. The molecule has 3 N–H and O–H groups in total. The first kappa shape index (κ1) is 29.2. The fraction of sp³-hybridized carbons (Fsp3) is 0.235. The van der Waals surface area contributed by atoms with Crippen molar-refractivity contribution in [3.63, 3.8) is 0 Å². The summed E-state index contributed by atoms with van der Waals surface area (Å²) in [5, 5.41) is 21.5. The lowest BCUT2D eigenvalue weighted by Gasteiger charge is -2.11. The number of ether oxygens (including phenoxy) is 2. The average Bonchev–Trinajstić information content (AvgIpc) is 2.99. The highest BCUT2D eigenvalue weighted by molar-refractivity contribution is 5.95. The molecule has 0 aromatic heterocycles. The number of benzene rings is 4. The zero-order valence-electron chi connectivity index (χ0n) is 22.9. The average molecular weight is 554 g/mol. The van der Waals surface area contributed by atoms with Gasteiger partial charge >= 0.3 is 11.9 Å². The Kier molecular flexibility index (Phi) is 10.8. The fourth-order valence-corrected chi connectivity index (χ4v) is 4.41. The van der Waals surface area contributed by atoms with E-state index < -0.39 is 11.9 Å². The maximum Gasteiger partial charge on any atom is 0.337 e. The molecule has 0 amide bonds. The van der Waals surface area contributed by atoms with Crippen LogP contribution in [0, 0.1) is 0 Å². The number of nitrogens with one attached hydrogen (secondary N) is 1. The molecule has 212 valence electrons. The Labute approximate surface area is 240 Å². The highest BCUT2D eigenvalue weighted by Crippen LogP contribution is 2.24. The molecule has 0 radical (unpaired) electrons. The normalized spacial score (nSPS) is 10.6. The molecule has 0 aliphatic rings. The molecule has 0 saturated carbocycles. The number of aromatic carboxylic acids is 2. The minimum absolute atomic E-state index is 0.232. The maximum atomic E-state index is 11.4. The van der Waals surface area contributed by atoms with E-state index in [1.165, 1.54) is 0 Å². The molecular weight excluding hydrogens is 518 g/mol. The molecule has 7 nitrogen and oxygen atoms in total. The molecule has 0 spiro atoms. The molecule has 0 unspecified atom stereocenters. The zero-order chi connectivity index (χ0) is 28.9. The summed E-state index contributed by atoms with van der Waals surface area (Å²) < 4.78 is 11.7. The van der Waals surface area contributed by atoms with E-state index in [9.17, 15) is 14.7 Å². The molecule has 0 saturated heterocycles. The third kappa shape index (κ3) is 9.14. The lowest BCUT2D eigenvalue weighted by molar-refractivity contribution is 0.0686. The number of carboxylic acids is 2. The second-order valence-corrected chi connectivity index (χ2v) is 9.73. The summed E-state index contributed by atoms with van der Waals surface area (Å²) >= 11 is 0. The molecular formula is C34H35NO6. The van der Waals surface area contributed by atoms with Gasteiger partial charge in [-0.3, -0.25) is 0 Å². The van der Waals surface area contributed by atoms with Gasteiger partial charge < -0.3 is 25.0 Å². The SMILES string of the molecule is O=C(O)c1ccc(-c2ccc(OCCCCCCCCOc3ccc(Nc4ccccc4C(=O)O)cc3)cc2)cc1. The van der Waals surface area contributed by atoms with E-state index in [0.29, 0.717) is 18.9 Å². The number of rotatable bonds is 16. The summed E-state index contributed by atoms with van der Waals surface area (Å²) in [7, 11) is 0. The largest absolute Gasteiger partial charge is 0.494 e. The zero-order valence-corrected chi connectivity index (χ0v) is 22.9. The van der Waals surface area contributed by atoms with Crippen LogP contribution in [0.4, 0.5) is 11.4 Å². The molecule has 0 fully saturated rings. The van der Waals surface area contributed by atoms with Crippen LogP contribution in [0.2, 0.25) is 0 Å². The maximum absolute atomic E-state index is 11.4. The Morgan fingerprint density at radius 1 is 0.561 bits per heavy atom. The van der Waals surface area contributed by atoms with Crippen molar-refractivity contribution in [2.24, 2.45) is 0 Å². The quantitative estimate of drug-likeness (QED) is 0.120. The molecule has 41 heavy (non-hydrogen) atoms. The summed E-state index contributed by atoms with van der Waals surface area (Å²) in [6.45, 7) is 1.35. The van der Waals surface area contributed by atoms with Crippen molar-refractivity contribution < 1.29 is 29.3 Å². The van der Waals surface area contributed by atoms with E-state index in [1.807, 2.05) is 60.7 Å². The van der Waals surface area contributed by atoms with Crippen molar-refractivity contribution in [3.8, 4) is 22.6 Å². The van der Waals surface area contributed by atoms with E-state index in [1.54, 1.807) is 36.4 Å². The number of para-hydroxylation sites is 1. The van der Waals surface area contributed by atoms with E-state index >= 15 is 0 Å². The van der Waals surface area contributed by atoms with Crippen LogP contribution >= 0.6 is 0 Å². The summed E-state index contributed by atoms with van der Waals surface area (Å²) in [5.74, 6) is -0.259. The first-order valence-electron chi connectivity index (χ1n) is 13.9. The molecule has 4 aromatic rings. The second kappa shape index (κ2) is 15.1.